The molecule has 6 heteroatoms. The maximum atomic E-state index is 5.36. The molecule has 1 fully saturated rings. The first-order valence-electron chi connectivity index (χ1n) is 7.77. The number of aromatic nitrogens is 1. The van der Waals surface area contributed by atoms with E-state index in [0.29, 0.717) is 5.82 Å². The lowest BCUT2D eigenvalue weighted by molar-refractivity contribution is 0.250. The summed E-state index contributed by atoms with van der Waals surface area (Å²) in [5, 5.41) is 0. The number of hydrogen-bond donors (Lipinski definition) is 2. The third-order valence-electron chi connectivity index (χ3n) is 3.96. The van der Waals surface area contributed by atoms with Crippen LogP contribution < -0.4 is 16.4 Å². The highest BCUT2D eigenvalue weighted by Gasteiger charge is 2.17. The first-order valence-corrected chi connectivity index (χ1v) is 7.77. The van der Waals surface area contributed by atoms with Crippen LogP contribution in [-0.2, 0) is 6.54 Å². The minimum absolute atomic E-state index is 0.0276. The van der Waals surface area contributed by atoms with E-state index in [9.17, 15) is 0 Å². The molecule has 6 nitrogen and oxygen atoms in total. The Morgan fingerprint density at radius 2 is 1.74 bits per heavy atom. The summed E-state index contributed by atoms with van der Waals surface area (Å²) in [5.74, 6) is 0.566. The molecule has 0 saturated carbocycles. The van der Waals surface area contributed by atoms with Gasteiger partial charge in [-0.1, -0.05) is 30.3 Å². The monoisotopic (exact) mass is 310 g/mol. The molecule has 0 aliphatic carbocycles. The molecule has 23 heavy (non-hydrogen) atoms. The molecule has 0 unspecified atom stereocenters. The van der Waals surface area contributed by atoms with Gasteiger partial charge in [0.05, 0.1) is 11.9 Å². The van der Waals surface area contributed by atoms with Gasteiger partial charge in [0.15, 0.2) is 11.8 Å². The van der Waals surface area contributed by atoms with E-state index in [0.717, 1.165) is 38.4 Å². The summed E-state index contributed by atoms with van der Waals surface area (Å²) < 4.78 is 0. The molecule has 1 aliphatic rings. The average molecular weight is 310 g/mol. The van der Waals surface area contributed by atoms with E-state index in [1.54, 1.807) is 0 Å². The number of aliphatic imine (C=N–C) groups is 1. The number of benzene rings is 1. The Balaban J connectivity index is 1.55. The first-order chi connectivity index (χ1) is 11.2. The third kappa shape index (κ3) is 4.20. The molecule has 3 rings (SSSR count). The summed E-state index contributed by atoms with van der Waals surface area (Å²) in [6, 6.07) is 14.5. The van der Waals surface area contributed by atoms with Crippen LogP contribution in [-0.4, -0.2) is 42.0 Å². The summed E-state index contributed by atoms with van der Waals surface area (Å²) in [6.07, 6.45) is 1.83. The zero-order valence-corrected chi connectivity index (χ0v) is 13.1. The van der Waals surface area contributed by atoms with Gasteiger partial charge in [0.2, 0.25) is 0 Å². The SMILES string of the molecule is NC(N)=Nc1ccc(N2CCN(Cc3ccccc3)CC2)cn1. The molecular weight excluding hydrogens is 288 g/mol. The molecule has 0 spiro atoms. The molecule has 1 saturated heterocycles. The van der Waals surface area contributed by atoms with E-state index in [-0.39, 0.29) is 5.96 Å². The predicted molar refractivity (Wildman–Crippen MR) is 93.6 cm³/mol. The summed E-state index contributed by atoms with van der Waals surface area (Å²) in [6.45, 7) is 5.10. The van der Waals surface area contributed by atoms with Gasteiger partial charge in [-0.15, -0.1) is 0 Å². The third-order valence-corrected chi connectivity index (χ3v) is 3.96. The zero-order valence-electron chi connectivity index (χ0n) is 13.1. The average Bonchev–Trinajstić information content (AvgIpc) is 2.57. The Labute approximate surface area is 136 Å². The van der Waals surface area contributed by atoms with Crippen molar-refractivity contribution in [2.24, 2.45) is 16.5 Å². The van der Waals surface area contributed by atoms with Gasteiger partial charge in [-0.25, -0.2) is 4.98 Å². The van der Waals surface area contributed by atoms with Gasteiger partial charge in [0.1, 0.15) is 0 Å². The number of hydrogen-bond acceptors (Lipinski definition) is 4. The van der Waals surface area contributed by atoms with Crippen molar-refractivity contribution < 1.29 is 0 Å². The van der Waals surface area contributed by atoms with E-state index in [1.165, 1.54) is 5.56 Å². The van der Waals surface area contributed by atoms with E-state index >= 15 is 0 Å². The van der Waals surface area contributed by atoms with Crippen LogP contribution in [0.25, 0.3) is 0 Å². The molecular formula is C17H22N6. The molecule has 1 aromatic carbocycles. The number of nitrogens with two attached hydrogens (primary N) is 2. The van der Waals surface area contributed by atoms with Crippen molar-refractivity contribution in [2.45, 2.75) is 6.54 Å². The second-order valence-corrected chi connectivity index (χ2v) is 5.66. The van der Waals surface area contributed by atoms with Crippen LogP contribution in [0.5, 0.6) is 0 Å². The lowest BCUT2D eigenvalue weighted by atomic mass is 10.2. The van der Waals surface area contributed by atoms with Gasteiger partial charge in [-0.3, -0.25) is 4.90 Å². The molecule has 0 bridgehead atoms. The molecule has 2 aromatic rings. The minimum Gasteiger partial charge on any atom is -0.370 e. The highest BCUT2D eigenvalue weighted by molar-refractivity contribution is 5.78. The minimum atomic E-state index is 0.0276. The molecule has 0 radical (unpaired) electrons. The second kappa shape index (κ2) is 7.11. The molecule has 120 valence electrons. The summed E-state index contributed by atoms with van der Waals surface area (Å²) in [5.41, 5.74) is 13.2. The van der Waals surface area contributed by atoms with Crippen molar-refractivity contribution in [3.05, 3.63) is 54.2 Å². The molecule has 1 aliphatic heterocycles. The topological polar surface area (TPSA) is 83.8 Å². The van der Waals surface area contributed by atoms with Crippen LogP contribution >= 0.6 is 0 Å². The van der Waals surface area contributed by atoms with Crippen molar-refractivity contribution in [3.63, 3.8) is 0 Å². The van der Waals surface area contributed by atoms with Gasteiger partial charge in [-0.05, 0) is 17.7 Å². The molecule has 4 N–H and O–H groups in total. The second-order valence-electron chi connectivity index (χ2n) is 5.66. The zero-order chi connectivity index (χ0) is 16.1. The number of anilines is 1. The van der Waals surface area contributed by atoms with Crippen LogP contribution in [0.15, 0.2) is 53.7 Å². The molecule has 1 aromatic heterocycles. The first kappa shape index (κ1) is 15.3. The van der Waals surface area contributed by atoms with E-state index < -0.39 is 0 Å². The smallest absolute Gasteiger partial charge is 0.192 e. The maximum Gasteiger partial charge on any atom is 0.192 e. The van der Waals surface area contributed by atoms with Crippen molar-refractivity contribution >= 4 is 17.5 Å². The standard InChI is InChI=1S/C17H22N6/c18-17(19)21-16-7-6-15(12-20-16)23-10-8-22(9-11-23)13-14-4-2-1-3-5-14/h1-7,12H,8-11,13H2,(H4,18,19,20,21). The largest absolute Gasteiger partial charge is 0.370 e. The van der Waals surface area contributed by atoms with Crippen molar-refractivity contribution in [2.75, 3.05) is 31.1 Å². The highest BCUT2D eigenvalue weighted by atomic mass is 15.3. The van der Waals surface area contributed by atoms with Gasteiger partial charge < -0.3 is 16.4 Å². The van der Waals surface area contributed by atoms with Crippen molar-refractivity contribution in [1.29, 1.82) is 0 Å². The van der Waals surface area contributed by atoms with Crippen LogP contribution in [0.4, 0.5) is 11.5 Å². The van der Waals surface area contributed by atoms with Crippen LogP contribution in [0, 0.1) is 0 Å². The number of guanidine groups is 1. The van der Waals surface area contributed by atoms with Gasteiger partial charge in [0, 0.05) is 32.7 Å². The maximum absolute atomic E-state index is 5.36. The quantitative estimate of drug-likeness (QED) is 0.657. The number of rotatable bonds is 4. The Morgan fingerprint density at radius 3 is 2.35 bits per heavy atom. The van der Waals surface area contributed by atoms with Gasteiger partial charge >= 0.3 is 0 Å². The van der Waals surface area contributed by atoms with Crippen molar-refractivity contribution in [3.8, 4) is 0 Å². The normalized spacial score (nSPS) is 15.4. The van der Waals surface area contributed by atoms with Crippen molar-refractivity contribution in [1.82, 2.24) is 9.88 Å². The molecule has 0 atom stereocenters. The summed E-state index contributed by atoms with van der Waals surface area (Å²) in [4.78, 5) is 13.0. The van der Waals surface area contributed by atoms with E-state index in [1.807, 2.05) is 18.3 Å². The van der Waals surface area contributed by atoms with Crippen LogP contribution in [0.1, 0.15) is 5.56 Å². The fourth-order valence-electron chi connectivity index (χ4n) is 2.77. The molecule has 0 amide bonds. The fraction of sp³-hybridized carbons (Fsp3) is 0.294. The molecule has 2 heterocycles. The predicted octanol–water partition coefficient (Wildman–Crippen LogP) is 1.31. The number of nitrogens with zero attached hydrogens (tertiary/aromatic N) is 4. The number of pyridine rings is 1. The van der Waals surface area contributed by atoms with Gasteiger partial charge in [0.25, 0.3) is 0 Å². The highest BCUT2D eigenvalue weighted by Crippen LogP contribution is 2.19. The Hall–Kier alpha value is -2.60. The fourth-order valence-corrected chi connectivity index (χ4v) is 2.77. The lowest BCUT2D eigenvalue weighted by Gasteiger charge is -2.36. The van der Waals surface area contributed by atoms with E-state index in [4.69, 9.17) is 11.5 Å². The Bertz CT molecular complexity index is 641. The lowest BCUT2D eigenvalue weighted by Crippen LogP contribution is -2.46. The van der Waals surface area contributed by atoms with Crippen LogP contribution in [0.3, 0.4) is 0 Å². The Morgan fingerprint density at radius 1 is 1.00 bits per heavy atom. The summed E-state index contributed by atoms with van der Waals surface area (Å²) in [7, 11) is 0. The van der Waals surface area contributed by atoms with E-state index in [2.05, 4.69) is 50.1 Å². The van der Waals surface area contributed by atoms with Gasteiger partial charge in [-0.2, -0.15) is 4.99 Å². The van der Waals surface area contributed by atoms with Crippen LogP contribution in [0.2, 0.25) is 0 Å². The number of piperazine rings is 1. The summed E-state index contributed by atoms with van der Waals surface area (Å²) >= 11 is 0. The Kier molecular flexibility index (Phi) is 4.73.